The molecule has 0 saturated carbocycles. The van der Waals surface area contributed by atoms with Crippen molar-refractivity contribution < 1.29 is 22.3 Å². The first-order chi connectivity index (χ1) is 12.6. The zero-order valence-corrected chi connectivity index (χ0v) is 14.1. The van der Waals surface area contributed by atoms with Gasteiger partial charge in [0.25, 0.3) is 6.02 Å². The third kappa shape index (κ3) is 3.69. The fraction of sp³-hybridized carbons (Fsp3) is 0.278. The second-order valence-corrected chi connectivity index (χ2v) is 6.33. The van der Waals surface area contributed by atoms with Crippen LogP contribution in [-0.2, 0) is 10.3 Å². The minimum Gasteiger partial charge on any atom is -0.454 e. The van der Waals surface area contributed by atoms with Crippen molar-refractivity contribution >= 4 is 6.02 Å². The zero-order valence-electron chi connectivity index (χ0n) is 14.1. The summed E-state index contributed by atoms with van der Waals surface area (Å²) in [6.45, 7) is 1.33. The Labute approximate surface area is 152 Å². The molecular weight excluding hydrogens is 364 g/mol. The van der Waals surface area contributed by atoms with E-state index >= 15 is 0 Å². The number of aromatic nitrogens is 1. The van der Waals surface area contributed by atoms with Crippen molar-refractivity contribution in [3.05, 3.63) is 53.6 Å². The number of hydrogen-bond donors (Lipinski definition) is 1. The number of benzene rings is 1. The number of ether oxygens (including phenoxy) is 1. The van der Waals surface area contributed by atoms with Crippen LogP contribution in [0.1, 0.15) is 24.5 Å². The molecule has 1 aromatic carbocycles. The van der Waals surface area contributed by atoms with Crippen molar-refractivity contribution in [3.8, 4) is 17.2 Å². The minimum absolute atomic E-state index is 0.0885. The molecule has 1 aliphatic rings. The van der Waals surface area contributed by atoms with E-state index in [0.717, 1.165) is 6.07 Å². The molecule has 2 aromatic rings. The minimum atomic E-state index is -4.63. The number of halogens is 4. The van der Waals surface area contributed by atoms with Crippen LogP contribution in [0.3, 0.4) is 0 Å². The second-order valence-electron chi connectivity index (χ2n) is 6.33. The number of hydrogen-bond acceptors (Lipinski definition) is 5. The molecule has 2 N–H and O–H groups in total. The lowest BCUT2D eigenvalue weighted by molar-refractivity contribution is -0.164. The van der Waals surface area contributed by atoms with Crippen molar-refractivity contribution in [3.63, 3.8) is 0 Å². The highest BCUT2D eigenvalue weighted by Gasteiger charge is 2.49. The van der Waals surface area contributed by atoms with Crippen LogP contribution in [0.25, 0.3) is 11.1 Å². The summed E-state index contributed by atoms with van der Waals surface area (Å²) >= 11 is 0. The Kier molecular flexibility index (Phi) is 4.51. The molecule has 1 aromatic heterocycles. The molecule has 0 radical (unpaired) electrons. The number of aliphatic imine (C=N–C) groups is 1. The van der Waals surface area contributed by atoms with E-state index < -0.39 is 36.1 Å². The molecule has 0 aliphatic carbocycles. The van der Waals surface area contributed by atoms with Gasteiger partial charge in [0.2, 0.25) is 0 Å². The zero-order chi connectivity index (χ0) is 19.8. The number of nitrogens with zero attached hydrogens (tertiary/aromatic N) is 3. The molecule has 0 bridgehead atoms. The predicted octanol–water partition coefficient (Wildman–Crippen LogP) is 3.64. The van der Waals surface area contributed by atoms with E-state index in [0.29, 0.717) is 16.7 Å². The van der Waals surface area contributed by atoms with Gasteiger partial charge in [0.15, 0.2) is 6.04 Å². The first-order valence-electron chi connectivity index (χ1n) is 7.87. The lowest BCUT2D eigenvalue weighted by Gasteiger charge is -2.37. The Hall–Kier alpha value is -3.15. The van der Waals surface area contributed by atoms with Crippen LogP contribution in [0.5, 0.6) is 0 Å². The summed E-state index contributed by atoms with van der Waals surface area (Å²) in [7, 11) is 0. The van der Waals surface area contributed by atoms with Gasteiger partial charge in [-0.1, -0.05) is 6.07 Å². The average molecular weight is 378 g/mol. The number of amidine groups is 1. The fourth-order valence-electron chi connectivity index (χ4n) is 2.99. The summed E-state index contributed by atoms with van der Waals surface area (Å²) in [6.07, 6.45) is -2.41. The van der Waals surface area contributed by atoms with Crippen molar-refractivity contribution in [2.45, 2.75) is 31.2 Å². The van der Waals surface area contributed by atoms with Crippen molar-refractivity contribution in [1.82, 2.24) is 4.98 Å². The normalized spacial score (nSPS) is 22.5. The first kappa shape index (κ1) is 18.6. The third-order valence-electron chi connectivity index (χ3n) is 4.31. The molecule has 0 spiro atoms. The Morgan fingerprint density at radius 2 is 2.00 bits per heavy atom. The highest BCUT2D eigenvalue weighted by Crippen LogP contribution is 2.41. The molecule has 2 heterocycles. The van der Waals surface area contributed by atoms with E-state index in [1.165, 1.54) is 31.5 Å². The predicted molar refractivity (Wildman–Crippen MR) is 88.9 cm³/mol. The van der Waals surface area contributed by atoms with Gasteiger partial charge in [-0.05, 0) is 30.7 Å². The summed E-state index contributed by atoms with van der Waals surface area (Å²) in [6, 6.07) is 4.69. The van der Waals surface area contributed by atoms with E-state index in [9.17, 15) is 17.6 Å². The van der Waals surface area contributed by atoms with E-state index in [1.54, 1.807) is 6.07 Å². The number of nitrogens with two attached hydrogens (primary N) is 1. The molecule has 9 heteroatoms. The molecule has 0 fully saturated rings. The maximum atomic E-state index is 14.5. The van der Waals surface area contributed by atoms with Gasteiger partial charge >= 0.3 is 6.18 Å². The topological polar surface area (TPSA) is 84.3 Å². The van der Waals surface area contributed by atoms with Gasteiger partial charge in [-0.15, -0.1) is 0 Å². The summed E-state index contributed by atoms with van der Waals surface area (Å²) in [5, 5.41) is 8.98. The van der Waals surface area contributed by atoms with E-state index in [4.69, 9.17) is 15.7 Å². The summed E-state index contributed by atoms with van der Waals surface area (Å²) in [5.41, 5.74) is 4.98. The molecule has 27 heavy (non-hydrogen) atoms. The Bertz CT molecular complexity index is 951. The number of nitriles is 1. The molecule has 0 saturated heterocycles. The van der Waals surface area contributed by atoms with Crippen LogP contribution in [-0.4, -0.2) is 23.2 Å². The summed E-state index contributed by atoms with van der Waals surface area (Å²) in [4.78, 5) is 7.22. The Balaban J connectivity index is 2.06. The van der Waals surface area contributed by atoms with Crippen LogP contribution in [0, 0.1) is 17.1 Å². The second kappa shape index (κ2) is 6.54. The number of rotatable bonds is 2. The largest absolute Gasteiger partial charge is 0.454 e. The smallest absolute Gasteiger partial charge is 0.411 e. The molecule has 3 rings (SSSR count). The maximum Gasteiger partial charge on any atom is 0.411 e. The highest BCUT2D eigenvalue weighted by atomic mass is 19.4. The Morgan fingerprint density at radius 3 is 2.67 bits per heavy atom. The molecule has 2 atom stereocenters. The van der Waals surface area contributed by atoms with Crippen molar-refractivity contribution in [2.24, 2.45) is 10.7 Å². The van der Waals surface area contributed by atoms with E-state index in [2.05, 4.69) is 9.98 Å². The lowest BCUT2D eigenvalue weighted by Crippen LogP contribution is -2.46. The molecule has 1 aliphatic heterocycles. The molecule has 0 unspecified atom stereocenters. The third-order valence-corrected chi connectivity index (χ3v) is 4.31. The van der Waals surface area contributed by atoms with Crippen LogP contribution >= 0.6 is 0 Å². The van der Waals surface area contributed by atoms with Gasteiger partial charge in [0.1, 0.15) is 17.5 Å². The highest BCUT2D eigenvalue weighted by molar-refractivity contribution is 5.73. The van der Waals surface area contributed by atoms with Gasteiger partial charge in [0.05, 0.1) is 5.56 Å². The SMILES string of the molecule is C[C@@]1(c2cc(-c3cncc(C#N)c3)ccc2F)C[C@@H](C(F)(F)F)N=C(N)O1. The van der Waals surface area contributed by atoms with Gasteiger partial charge in [-0.2, -0.15) is 18.4 Å². The van der Waals surface area contributed by atoms with E-state index in [1.807, 2.05) is 6.07 Å². The standard InChI is InChI=1S/C18H14F4N4O/c1-17(6-15(18(20,21)22)26-16(24)27-17)13-5-11(2-3-14(13)19)12-4-10(7-23)8-25-9-12/h2-5,8-9,15H,6H2,1H3,(H2,24,26)/t15-,17-/m0/s1. The maximum absolute atomic E-state index is 14.5. The Morgan fingerprint density at radius 1 is 1.26 bits per heavy atom. The van der Waals surface area contributed by atoms with Crippen LogP contribution in [0.2, 0.25) is 0 Å². The number of alkyl halides is 3. The van der Waals surface area contributed by atoms with Crippen molar-refractivity contribution in [2.75, 3.05) is 0 Å². The molecular formula is C18H14F4N4O. The van der Waals surface area contributed by atoms with Gasteiger partial charge in [-0.3, -0.25) is 4.98 Å². The number of pyridine rings is 1. The van der Waals surface area contributed by atoms with Gasteiger partial charge in [0, 0.05) is 29.9 Å². The average Bonchev–Trinajstić information content (AvgIpc) is 2.60. The van der Waals surface area contributed by atoms with Crippen LogP contribution in [0.15, 0.2) is 41.7 Å². The quantitative estimate of drug-likeness (QED) is 0.809. The summed E-state index contributed by atoms with van der Waals surface area (Å²) in [5.74, 6) is -0.735. The van der Waals surface area contributed by atoms with Gasteiger partial charge < -0.3 is 10.5 Å². The van der Waals surface area contributed by atoms with E-state index in [-0.39, 0.29) is 5.56 Å². The van der Waals surface area contributed by atoms with Crippen LogP contribution in [0.4, 0.5) is 17.6 Å². The molecule has 5 nitrogen and oxygen atoms in total. The molecule has 140 valence electrons. The fourth-order valence-corrected chi connectivity index (χ4v) is 2.99. The lowest BCUT2D eigenvalue weighted by atomic mass is 9.86. The van der Waals surface area contributed by atoms with Gasteiger partial charge in [-0.25, -0.2) is 9.38 Å². The monoisotopic (exact) mass is 378 g/mol. The van der Waals surface area contributed by atoms with Crippen LogP contribution < -0.4 is 5.73 Å². The van der Waals surface area contributed by atoms with Crippen molar-refractivity contribution in [1.29, 1.82) is 5.26 Å². The summed E-state index contributed by atoms with van der Waals surface area (Å²) < 4.78 is 59.3. The molecule has 0 amide bonds. The first-order valence-corrected chi connectivity index (χ1v) is 7.87.